The zero-order valence-electron chi connectivity index (χ0n) is 8.85. The molecule has 0 saturated carbocycles. The molecule has 1 N–H and O–H groups in total. The van der Waals surface area contributed by atoms with Gasteiger partial charge in [-0.3, -0.25) is 9.36 Å². The summed E-state index contributed by atoms with van der Waals surface area (Å²) < 4.78 is 5.21. The van der Waals surface area contributed by atoms with Crippen LogP contribution in [-0.4, -0.2) is 19.8 Å². The van der Waals surface area contributed by atoms with E-state index >= 15 is 0 Å². The molecule has 1 heterocycles. The van der Waals surface area contributed by atoms with E-state index < -0.39 is 10.1 Å². The lowest BCUT2D eigenvalue weighted by molar-refractivity contribution is -0.121. The van der Waals surface area contributed by atoms with Crippen molar-refractivity contribution in [3.05, 3.63) is 33.9 Å². The molecule has 4 nitrogen and oxygen atoms in total. The van der Waals surface area contributed by atoms with Crippen molar-refractivity contribution in [2.75, 3.05) is 0 Å². The monoisotopic (exact) mass is 327 g/mol. The number of fused-ring (bicyclic) bond motifs is 1. The maximum Gasteiger partial charge on any atom is 0.310 e. The second-order valence-electron chi connectivity index (χ2n) is 3.45. The smallest absolute Gasteiger partial charge is 0.310 e. The molecule has 0 aliphatic heterocycles. The fourth-order valence-corrected chi connectivity index (χ4v) is 2.44. The number of alkyl halides is 3. The highest BCUT2D eigenvalue weighted by molar-refractivity contribution is 7.16. The molecule has 0 bridgehead atoms. The number of aliphatic hydroxyl groups excluding tert-OH is 1. The highest BCUT2D eigenvalue weighted by atomic mass is 35.6. The summed E-state index contributed by atoms with van der Waals surface area (Å²) in [4.78, 5) is 11.5. The molecule has 1 aromatic heterocycles. The van der Waals surface area contributed by atoms with Gasteiger partial charge in [-0.05, 0) is 12.1 Å². The van der Waals surface area contributed by atoms with E-state index in [0.717, 1.165) is 16.0 Å². The van der Waals surface area contributed by atoms with E-state index in [1.807, 2.05) is 12.1 Å². The minimum Gasteiger partial charge on any atom is -0.364 e. The van der Waals surface area contributed by atoms with Gasteiger partial charge in [0, 0.05) is 0 Å². The molecule has 2 aromatic rings. The zero-order chi connectivity index (χ0) is 13.3. The number of hydrogen-bond donors (Lipinski definition) is 1. The number of thiazole rings is 1. The van der Waals surface area contributed by atoms with Crippen LogP contribution in [0.3, 0.4) is 0 Å². The van der Waals surface area contributed by atoms with Gasteiger partial charge in [-0.25, -0.2) is 0 Å². The van der Waals surface area contributed by atoms with Crippen molar-refractivity contribution in [1.82, 2.24) is 4.57 Å². The van der Waals surface area contributed by atoms with Gasteiger partial charge in [-0.2, -0.15) is 0 Å². The molecule has 0 aliphatic rings. The summed E-state index contributed by atoms with van der Waals surface area (Å²) in [6.45, 7) is -0.183. The van der Waals surface area contributed by atoms with E-state index in [0.29, 0.717) is 5.52 Å². The highest BCUT2D eigenvalue weighted by Crippen LogP contribution is 2.31. The number of benzene rings is 1. The Labute approximate surface area is 121 Å². The minimum absolute atomic E-state index is 0.183. The van der Waals surface area contributed by atoms with Crippen molar-refractivity contribution >= 4 is 56.4 Å². The van der Waals surface area contributed by atoms with Gasteiger partial charge < -0.3 is 9.84 Å². The van der Waals surface area contributed by atoms with Gasteiger partial charge in [0.15, 0.2) is 0 Å². The molecule has 0 amide bonds. The molecular weight excluding hydrogens is 321 g/mol. The Balaban J connectivity index is 2.22. The van der Waals surface area contributed by atoms with Crippen molar-refractivity contribution in [3.8, 4) is 0 Å². The van der Waals surface area contributed by atoms with Crippen LogP contribution in [0.25, 0.3) is 10.2 Å². The standard InChI is InChI=1S/C10H8Cl3NO3S/c11-10(12,13)8(15)17-5-14-6-3-1-2-4-7(6)18-9(14)16/h1-4,8,15H,5H2/t8-/m1/s1. The molecule has 18 heavy (non-hydrogen) atoms. The molecule has 2 rings (SSSR count). The third-order valence-electron chi connectivity index (χ3n) is 2.22. The van der Waals surface area contributed by atoms with Crippen LogP contribution in [0.2, 0.25) is 0 Å². The molecule has 1 atom stereocenters. The molecule has 0 fully saturated rings. The van der Waals surface area contributed by atoms with Gasteiger partial charge in [0.25, 0.3) is 0 Å². The van der Waals surface area contributed by atoms with Crippen LogP contribution >= 0.6 is 46.1 Å². The lowest BCUT2D eigenvalue weighted by Crippen LogP contribution is -2.30. The Bertz CT molecular complexity index is 604. The number of ether oxygens (including phenoxy) is 1. The summed E-state index contributed by atoms with van der Waals surface area (Å²) in [5.41, 5.74) is 0.712. The fourth-order valence-electron chi connectivity index (χ4n) is 1.38. The first-order valence-corrected chi connectivity index (χ1v) is 6.79. The lowest BCUT2D eigenvalue weighted by Gasteiger charge is -2.19. The number of para-hydroxylation sites is 1. The maximum absolute atomic E-state index is 11.7. The molecule has 1 aromatic carbocycles. The van der Waals surface area contributed by atoms with Crippen LogP contribution in [-0.2, 0) is 11.5 Å². The number of halogens is 3. The SMILES string of the molecule is O=c1sc2ccccc2n1CO[C@@H](O)C(Cl)(Cl)Cl. The van der Waals surface area contributed by atoms with Crippen LogP contribution in [0.4, 0.5) is 0 Å². The molecule has 0 unspecified atom stereocenters. The Kier molecular flexibility index (Phi) is 4.21. The van der Waals surface area contributed by atoms with E-state index in [1.54, 1.807) is 12.1 Å². The third-order valence-corrected chi connectivity index (χ3v) is 3.74. The number of aliphatic hydroxyl groups is 1. The normalized spacial score (nSPS) is 14.0. The van der Waals surface area contributed by atoms with Gasteiger partial charge in [-0.1, -0.05) is 58.3 Å². The van der Waals surface area contributed by atoms with Gasteiger partial charge in [0.2, 0.25) is 10.1 Å². The van der Waals surface area contributed by atoms with Crippen molar-refractivity contribution < 1.29 is 9.84 Å². The molecule has 8 heteroatoms. The molecule has 98 valence electrons. The quantitative estimate of drug-likeness (QED) is 0.696. The Morgan fingerprint density at radius 3 is 2.72 bits per heavy atom. The average molecular weight is 329 g/mol. The predicted octanol–water partition coefficient (Wildman–Crippen LogP) is 2.73. The molecule has 0 radical (unpaired) electrons. The Morgan fingerprint density at radius 1 is 1.39 bits per heavy atom. The van der Waals surface area contributed by atoms with Gasteiger partial charge >= 0.3 is 4.87 Å². The third kappa shape index (κ3) is 2.99. The van der Waals surface area contributed by atoms with E-state index in [2.05, 4.69) is 0 Å². The summed E-state index contributed by atoms with van der Waals surface area (Å²) in [6, 6.07) is 7.23. The second-order valence-corrected chi connectivity index (χ2v) is 6.82. The Hall–Kier alpha value is -0.300. The first-order valence-electron chi connectivity index (χ1n) is 4.84. The summed E-state index contributed by atoms with van der Waals surface area (Å²) >= 11 is 17.4. The number of nitrogens with zero attached hydrogens (tertiary/aromatic N) is 1. The van der Waals surface area contributed by atoms with Crippen molar-refractivity contribution in [2.24, 2.45) is 0 Å². The second kappa shape index (κ2) is 5.36. The molecule has 0 spiro atoms. The topological polar surface area (TPSA) is 51.5 Å². The number of rotatable bonds is 3. The van der Waals surface area contributed by atoms with Gasteiger partial charge in [0.1, 0.15) is 6.73 Å². The van der Waals surface area contributed by atoms with Gasteiger partial charge in [0.05, 0.1) is 10.2 Å². The summed E-state index contributed by atoms with van der Waals surface area (Å²) in [5.74, 6) is 0. The first kappa shape index (κ1) is 14.1. The summed E-state index contributed by atoms with van der Waals surface area (Å²) in [5, 5.41) is 9.42. The maximum atomic E-state index is 11.7. The first-order chi connectivity index (χ1) is 8.39. The zero-order valence-corrected chi connectivity index (χ0v) is 11.9. The highest BCUT2D eigenvalue weighted by Gasteiger charge is 2.32. The van der Waals surface area contributed by atoms with Crippen LogP contribution in [0, 0.1) is 0 Å². The van der Waals surface area contributed by atoms with Crippen molar-refractivity contribution in [2.45, 2.75) is 16.8 Å². The lowest BCUT2D eigenvalue weighted by atomic mass is 10.3. The van der Waals surface area contributed by atoms with E-state index in [9.17, 15) is 9.90 Å². The van der Waals surface area contributed by atoms with Crippen LogP contribution < -0.4 is 4.87 Å². The van der Waals surface area contributed by atoms with Crippen LogP contribution in [0.15, 0.2) is 29.1 Å². The van der Waals surface area contributed by atoms with E-state index in [4.69, 9.17) is 39.5 Å². The minimum atomic E-state index is -1.95. The number of aromatic nitrogens is 1. The number of hydrogen-bond acceptors (Lipinski definition) is 4. The fraction of sp³-hybridized carbons (Fsp3) is 0.300. The average Bonchev–Trinajstić information content (AvgIpc) is 2.60. The molecule has 0 saturated heterocycles. The van der Waals surface area contributed by atoms with E-state index in [1.165, 1.54) is 4.57 Å². The van der Waals surface area contributed by atoms with E-state index in [-0.39, 0.29) is 11.6 Å². The van der Waals surface area contributed by atoms with Gasteiger partial charge in [-0.15, -0.1) is 0 Å². The molecule has 0 aliphatic carbocycles. The van der Waals surface area contributed by atoms with Crippen molar-refractivity contribution in [3.63, 3.8) is 0 Å². The van der Waals surface area contributed by atoms with Crippen LogP contribution in [0.5, 0.6) is 0 Å². The summed E-state index contributed by atoms with van der Waals surface area (Å²) in [7, 11) is 0. The molecular formula is C10H8Cl3NO3S. The Morgan fingerprint density at radius 2 is 2.06 bits per heavy atom. The summed E-state index contributed by atoms with van der Waals surface area (Å²) in [6.07, 6.45) is -1.60. The van der Waals surface area contributed by atoms with Crippen molar-refractivity contribution in [1.29, 1.82) is 0 Å². The predicted molar refractivity (Wildman–Crippen MR) is 73.5 cm³/mol. The largest absolute Gasteiger partial charge is 0.364 e. The van der Waals surface area contributed by atoms with Crippen LogP contribution in [0.1, 0.15) is 0 Å².